The van der Waals surface area contributed by atoms with E-state index in [0.717, 1.165) is 15.9 Å². The van der Waals surface area contributed by atoms with Gasteiger partial charge in [-0.1, -0.05) is 30.3 Å². The Kier molecular flexibility index (Phi) is 7.99. The lowest BCUT2D eigenvalue weighted by Gasteiger charge is -2.28. The molecule has 0 radical (unpaired) electrons. The number of benzene rings is 2. The van der Waals surface area contributed by atoms with Crippen molar-refractivity contribution < 1.29 is 37.4 Å². The van der Waals surface area contributed by atoms with Gasteiger partial charge in [-0.3, -0.25) is 24.4 Å². The van der Waals surface area contributed by atoms with Crippen molar-refractivity contribution in [2.45, 2.75) is 31.0 Å². The SMILES string of the molecule is O=C(NC(Cc1ccc(O)cc1)C(=O)N1CCC2C1C(=O)CN2S(=O)(=O)C(=O)c1cccnc1)Oc1cccc2cccnc12. The number of aromatic hydroxyl groups is 1. The summed E-state index contributed by atoms with van der Waals surface area (Å²) in [5.74, 6) is -0.984. The molecule has 0 saturated carbocycles. The van der Waals surface area contributed by atoms with E-state index < -0.39 is 57.6 Å². The molecule has 4 heterocycles. The highest BCUT2D eigenvalue weighted by Gasteiger charge is 2.55. The smallest absolute Gasteiger partial charge is 0.413 e. The van der Waals surface area contributed by atoms with Gasteiger partial charge in [0.2, 0.25) is 5.91 Å². The van der Waals surface area contributed by atoms with Crippen LogP contribution < -0.4 is 10.1 Å². The molecule has 230 valence electrons. The fraction of sp³-hybridized carbons (Fsp3) is 0.226. The molecule has 0 bridgehead atoms. The van der Waals surface area contributed by atoms with Gasteiger partial charge in [-0.05, 0) is 48.4 Å². The predicted octanol–water partition coefficient (Wildman–Crippen LogP) is 2.06. The molecule has 2 fully saturated rings. The molecule has 3 atom stereocenters. The third kappa shape index (κ3) is 5.84. The van der Waals surface area contributed by atoms with Crippen LogP contribution in [0.2, 0.25) is 0 Å². The number of hydrogen-bond acceptors (Lipinski definition) is 10. The van der Waals surface area contributed by atoms with Gasteiger partial charge in [0, 0.05) is 36.9 Å². The van der Waals surface area contributed by atoms with Crippen molar-refractivity contribution in [3.8, 4) is 11.5 Å². The van der Waals surface area contributed by atoms with Crippen molar-refractivity contribution in [1.29, 1.82) is 0 Å². The lowest BCUT2D eigenvalue weighted by molar-refractivity contribution is -0.138. The van der Waals surface area contributed by atoms with Gasteiger partial charge < -0.3 is 20.1 Å². The number of fused-ring (bicyclic) bond motifs is 2. The van der Waals surface area contributed by atoms with E-state index in [1.807, 2.05) is 0 Å². The molecule has 2 aromatic heterocycles. The summed E-state index contributed by atoms with van der Waals surface area (Å²) < 4.78 is 33.0. The number of nitrogens with zero attached hydrogens (tertiary/aromatic N) is 4. The Labute approximate surface area is 257 Å². The monoisotopic (exact) mass is 629 g/mol. The first kappa shape index (κ1) is 29.8. The summed E-state index contributed by atoms with van der Waals surface area (Å²) in [4.78, 5) is 62.6. The fourth-order valence-electron chi connectivity index (χ4n) is 5.78. The Morgan fingerprint density at radius 1 is 1.02 bits per heavy atom. The molecule has 2 aromatic carbocycles. The highest BCUT2D eigenvalue weighted by atomic mass is 32.2. The molecule has 6 rings (SSSR count). The average molecular weight is 630 g/mol. The summed E-state index contributed by atoms with van der Waals surface area (Å²) >= 11 is 0. The molecule has 2 aliphatic heterocycles. The summed E-state index contributed by atoms with van der Waals surface area (Å²) in [7, 11) is -4.60. The highest BCUT2D eigenvalue weighted by Crippen LogP contribution is 2.33. The largest absolute Gasteiger partial charge is 0.508 e. The number of ether oxygens (including phenoxy) is 1. The van der Waals surface area contributed by atoms with E-state index in [4.69, 9.17) is 4.74 Å². The van der Waals surface area contributed by atoms with Crippen LogP contribution in [0.5, 0.6) is 11.5 Å². The molecule has 2 N–H and O–H groups in total. The molecule has 2 saturated heterocycles. The zero-order valence-electron chi connectivity index (χ0n) is 23.6. The summed E-state index contributed by atoms with van der Waals surface area (Å²) in [6, 6.07) is 14.1. The van der Waals surface area contributed by atoms with Crippen molar-refractivity contribution >= 4 is 43.8 Å². The summed E-state index contributed by atoms with van der Waals surface area (Å²) in [5, 5.41) is 11.9. The van der Waals surface area contributed by atoms with Gasteiger partial charge in [0.25, 0.3) is 15.1 Å². The molecular weight excluding hydrogens is 602 g/mol. The molecule has 4 aromatic rings. The topological polar surface area (TPSA) is 176 Å². The second kappa shape index (κ2) is 12.1. The van der Waals surface area contributed by atoms with E-state index in [2.05, 4.69) is 15.3 Å². The van der Waals surface area contributed by atoms with Crippen molar-refractivity contribution in [2.75, 3.05) is 13.1 Å². The molecule has 45 heavy (non-hydrogen) atoms. The number of likely N-dealkylation sites (tertiary alicyclic amines) is 1. The van der Waals surface area contributed by atoms with Crippen LogP contribution in [0.25, 0.3) is 10.9 Å². The number of ketones is 1. The lowest BCUT2D eigenvalue weighted by Crippen LogP contribution is -2.53. The van der Waals surface area contributed by atoms with Crippen molar-refractivity contribution in [3.05, 3.63) is 96.4 Å². The summed E-state index contributed by atoms with van der Waals surface area (Å²) in [6.07, 6.45) is 3.24. The number of sulfonamides is 1. The van der Waals surface area contributed by atoms with Gasteiger partial charge in [0.05, 0.1) is 18.2 Å². The van der Waals surface area contributed by atoms with Crippen LogP contribution in [0.4, 0.5) is 4.79 Å². The molecule has 2 aliphatic rings. The third-order valence-electron chi connectivity index (χ3n) is 7.87. The van der Waals surface area contributed by atoms with Crippen LogP contribution in [-0.2, 0) is 26.0 Å². The minimum atomic E-state index is -4.60. The van der Waals surface area contributed by atoms with Gasteiger partial charge in [0.1, 0.15) is 23.3 Å². The van der Waals surface area contributed by atoms with E-state index in [-0.39, 0.29) is 36.4 Å². The Balaban J connectivity index is 1.24. The van der Waals surface area contributed by atoms with Crippen LogP contribution in [-0.4, -0.2) is 86.8 Å². The van der Waals surface area contributed by atoms with E-state index in [0.29, 0.717) is 11.1 Å². The number of nitrogens with one attached hydrogen (secondary N) is 1. The van der Waals surface area contributed by atoms with Gasteiger partial charge in [-0.15, -0.1) is 0 Å². The number of carbonyl (C=O) groups excluding carboxylic acids is 4. The second-order valence-electron chi connectivity index (χ2n) is 10.7. The number of amides is 2. The van der Waals surface area contributed by atoms with E-state index >= 15 is 0 Å². The molecule has 14 heteroatoms. The standard InChI is InChI=1S/C31H27N5O8S/c37-22-10-8-19(9-11-22)16-23(34-31(41)44-26-7-1-4-20-5-3-14-33-27(20)26)29(39)35-15-12-24-28(35)25(38)18-36(24)45(42,43)30(40)21-6-2-13-32-17-21/h1-11,13-14,17,23-24,28,37H,12,15-16,18H2,(H,34,41). The molecule has 13 nitrogen and oxygen atoms in total. The van der Waals surface area contributed by atoms with Crippen molar-refractivity contribution in [1.82, 2.24) is 24.5 Å². The Bertz CT molecular complexity index is 1900. The van der Waals surface area contributed by atoms with Crippen LogP contribution >= 0.6 is 0 Å². The van der Waals surface area contributed by atoms with Gasteiger partial charge >= 0.3 is 6.09 Å². The van der Waals surface area contributed by atoms with E-state index in [1.54, 1.807) is 48.7 Å². The number of pyridine rings is 2. The van der Waals surface area contributed by atoms with Crippen LogP contribution in [0.1, 0.15) is 22.3 Å². The number of hydrogen-bond donors (Lipinski definition) is 2. The Morgan fingerprint density at radius 2 is 1.78 bits per heavy atom. The number of aromatic nitrogens is 2. The minimum Gasteiger partial charge on any atom is -0.508 e. The zero-order chi connectivity index (χ0) is 31.7. The van der Waals surface area contributed by atoms with E-state index in [9.17, 15) is 32.7 Å². The molecular formula is C31H27N5O8S. The molecule has 0 aliphatic carbocycles. The Morgan fingerprint density at radius 3 is 2.53 bits per heavy atom. The van der Waals surface area contributed by atoms with Gasteiger partial charge in [0.15, 0.2) is 11.5 Å². The molecule has 0 spiro atoms. The van der Waals surface area contributed by atoms with Crippen LogP contribution in [0.3, 0.4) is 0 Å². The summed E-state index contributed by atoms with van der Waals surface area (Å²) in [6.45, 7) is -0.553. The number of rotatable bonds is 7. The first-order valence-corrected chi connectivity index (χ1v) is 15.5. The normalized spacial score (nSPS) is 18.8. The first-order chi connectivity index (χ1) is 21.6. The minimum absolute atomic E-state index is 0.0125. The van der Waals surface area contributed by atoms with E-state index in [1.165, 1.54) is 35.4 Å². The number of Topliss-reactive ketones (excluding diaryl/α,β-unsaturated/α-hetero) is 1. The number of phenolic OH excluding ortho intramolecular Hbond substituents is 1. The van der Waals surface area contributed by atoms with Gasteiger partial charge in [-0.25, -0.2) is 13.2 Å². The quantitative estimate of drug-likeness (QED) is 0.308. The fourth-order valence-corrected chi connectivity index (χ4v) is 7.28. The average Bonchev–Trinajstić information content (AvgIpc) is 3.63. The molecule has 2 amide bonds. The summed E-state index contributed by atoms with van der Waals surface area (Å²) in [5.41, 5.74) is 0.896. The Hall–Kier alpha value is -5.21. The molecule has 3 unspecified atom stereocenters. The second-order valence-corrected chi connectivity index (χ2v) is 12.5. The maximum Gasteiger partial charge on any atom is 0.413 e. The highest BCUT2D eigenvalue weighted by molar-refractivity contribution is 8.04. The third-order valence-corrected chi connectivity index (χ3v) is 9.59. The maximum atomic E-state index is 14.0. The zero-order valence-corrected chi connectivity index (χ0v) is 24.5. The van der Waals surface area contributed by atoms with Crippen LogP contribution in [0, 0.1) is 0 Å². The maximum absolute atomic E-state index is 14.0. The van der Waals surface area contributed by atoms with Crippen molar-refractivity contribution in [2.24, 2.45) is 0 Å². The van der Waals surface area contributed by atoms with Gasteiger partial charge in [-0.2, -0.15) is 4.31 Å². The number of phenols is 1. The van der Waals surface area contributed by atoms with Crippen LogP contribution in [0.15, 0.2) is 85.3 Å². The predicted molar refractivity (Wildman–Crippen MR) is 160 cm³/mol. The first-order valence-electron chi connectivity index (χ1n) is 14.0. The number of carbonyl (C=O) groups is 4. The lowest BCUT2D eigenvalue weighted by atomic mass is 10.0. The van der Waals surface area contributed by atoms with Crippen molar-refractivity contribution in [3.63, 3.8) is 0 Å². The number of para-hydroxylation sites is 1.